The number of piperidine rings is 1. The molecule has 1 saturated heterocycles. The van der Waals surface area contributed by atoms with E-state index in [2.05, 4.69) is 4.90 Å². The fourth-order valence-electron chi connectivity index (χ4n) is 7.14. The van der Waals surface area contributed by atoms with Crippen LogP contribution < -0.4 is 4.74 Å². The van der Waals surface area contributed by atoms with Gasteiger partial charge in [0.1, 0.15) is 11.5 Å². The number of ether oxygens (including phenoxy) is 4. The van der Waals surface area contributed by atoms with Crippen molar-refractivity contribution in [2.45, 2.75) is 86.6 Å². The van der Waals surface area contributed by atoms with E-state index < -0.39 is 90.5 Å². The Morgan fingerprint density at radius 1 is 1.00 bits per heavy atom. The normalized spacial score (nSPS) is 27.2. The standard InChI is InChI=1S/C30H33NO16/c1-31-7-6-29-23-13-2-3-14(12-32)24(23)47-25(29)16(4-5-30(29,43)19(31)8-13)44-22(37)11-18(45-21(36)9-15(33)26(38)39)28(42)46-17(27(40)41)10-20(34)35/h2-4,15,17-19,25,32-33,43H,5-12H2,1H3,(H,34,35)(H,38,39)(H,40,41)/t15-,17+,18-,19+,25-,29-,30+/m0/s1. The van der Waals surface area contributed by atoms with E-state index in [1.54, 1.807) is 6.07 Å². The summed E-state index contributed by atoms with van der Waals surface area (Å²) in [6.07, 6.45) is -8.77. The van der Waals surface area contributed by atoms with Crippen LogP contribution in [0.25, 0.3) is 0 Å². The summed E-state index contributed by atoms with van der Waals surface area (Å²) in [7, 11) is 1.90. The molecule has 0 saturated carbocycles. The minimum Gasteiger partial charge on any atom is -0.481 e. The maximum absolute atomic E-state index is 13.3. The van der Waals surface area contributed by atoms with Crippen molar-refractivity contribution >= 4 is 35.8 Å². The molecule has 1 aromatic carbocycles. The van der Waals surface area contributed by atoms with Gasteiger partial charge in [0.15, 0.2) is 12.2 Å². The van der Waals surface area contributed by atoms with E-state index in [-0.39, 0.29) is 24.8 Å². The SMILES string of the molecule is CN1CC[C@]23c4c5ccc(CO)c4O[C@H]2C(OC(=O)C[C@H](OC(=O)C[C@H](O)C(=O)O)C(=O)O[C@H](CC(=O)O)C(=O)O)=CC[C@@]3(O)[C@H]1C5. The number of carboxylic acids is 3. The van der Waals surface area contributed by atoms with Gasteiger partial charge in [-0.1, -0.05) is 12.1 Å². The molecule has 2 heterocycles. The molecule has 1 aromatic rings. The lowest BCUT2D eigenvalue weighted by molar-refractivity contribution is -0.182. The zero-order chi connectivity index (χ0) is 34.4. The third-order valence-corrected chi connectivity index (χ3v) is 9.29. The monoisotopic (exact) mass is 663 g/mol. The number of carbonyl (C=O) groups is 6. The first-order valence-corrected chi connectivity index (χ1v) is 14.6. The molecule has 6 N–H and O–H groups in total. The lowest BCUT2D eigenvalue weighted by Crippen LogP contribution is -2.74. The molecular weight excluding hydrogens is 630 g/mol. The van der Waals surface area contributed by atoms with E-state index >= 15 is 0 Å². The molecule has 4 aliphatic rings. The predicted molar refractivity (Wildman–Crippen MR) is 149 cm³/mol. The molecule has 7 atom stereocenters. The largest absolute Gasteiger partial charge is 0.481 e. The zero-order valence-electron chi connectivity index (χ0n) is 25.0. The van der Waals surface area contributed by atoms with Gasteiger partial charge in [0.2, 0.25) is 12.2 Å². The highest BCUT2D eigenvalue weighted by Crippen LogP contribution is 2.64. The lowest BCUT2D eigenvalue weighted by Gasteiger charge is -2.61. The first-order valence-electron chi connectivity index (χ1n) is 14.6. The number of carboxylic acid groups (broad SMARTS) is 3. The number of aliphatic hydroxyl groups excluding tert-OH is 2. The van der Waals surface area contributed by atoms with Crippen molar-refractivity contribution in [3.05, 3.63) is 40.7 Å². The van der Waals surface area contributed by atoms with Crippen LogP contribution in [0.15, 0.2) is 24.0 Å². The number of aliphatic hydroxyl groups is 3. The van der Waals surface area contributed by atoms with Gasteiger partial charge in [0.05, 0.1) is 36.9 Å². The summed E-state index contributed by atoms with van der Waals surface area (Å²) in [5.41, 5.74) is -0.346. The zero-order valence-corrected chi connectivity index (χ0v) is 25.0. The highest BCUT2D eigenvalue weighted by atomic mass is 16.6. The van der Waals surface area contributed by atoms with Crippen molar-refractivity contribution in [2.24, 2.45) is 0 Å². The molecule has 17 nitrogen and oxygen atoms in total. The van der Waals surface area contributed by atoms with Gasteiger partial charge < -0.3 is 54.5 Å². The molecule has 17 heteroatoms. The van der Waals surface area contributed by atoms with Gasteiger partial charge in [0.25, 0.3) is 0 Å². The van der Waals surface area contributed by atoms with E-state index in [1.807, 2.05) is 13.1 Å². The van der Waals surface area contributed by atoms with Crippen LogP contribution >= 0.6 is 0 Å². The van der Waals surface area contributed by atoms with Crippen molar-refractivity contribution in [3.63, 3.8) is 0 Å². The summed E-state index contributed by atoms with van der Waals surface area (Å²) in [6.45, 7) is 0.195. The topological polar surface area (TPSA) is 264 Å². The Hall–Kier alpha value is -4.58. The van der Waals surface area contributed by atoms with Gasteiger partial charge in [0, 0.05) is 23.6 Å². The van der Waals surface area contributed by atoms with Gasteiger partial charge in [-0.3, -0.25) is 14.4 Å². The van der Waals surface area contributed by atoms with Crippen molar-refractivity contribution in [1.82, 2.24) is 4.90 Å². The van der Waals surface area contributed by atoms with Gasteiger partial charge in [-0.2, -0.15) is 0 Å². The van der Waals surface area contributed by atoms with Crippen LogP contribution in [-0.2, 0) is 61.4 Å². The number of esters is 3. The summed E-state index contributed by atoms with van der Waals surface area (Å²) < 4.78 is 21.6. The van der Waals surface area contributed by atoms with E-state index in [9.17, 15) is 49.2 Å². The van der Waals surface area contributed by atoms with Crippen LogP contribution in [0.3, 0.4) is 0 Å². The molecule has 2 bridgehead atoms. The molecule has 2 aliphatic heterocycles. The summed E-state index contributed by atoms with van der Waals surface area (Å²) in [5, 5.41) is 58.9. The fourth-order valence-corrected chi connectivity index (χ4v) is 7.14. The van der Waals surface area contributed by atoms with E-state index in [4.69, 9.17) is 29.2 Å². The molecule has 2 aliphatic carbocycles. The number of carbonyl (C=O) groups excluding carboxylic acids is 3. The first kappa shape index (κ1) is 33.8. The summed E-state index contributed by atoms with van der Waals surface area (Å²) in [6, 6.07) is 3.27. The minimum absolute atomic E-state index is 0.0371. The number of nitrogens with zero attached hydrogens (tertiary/aromatic N) is 1. The number of benzene rings is 1. The van der Waals surface area contributed by atoms with Gasteiger partial charge in [-0.25, -0.2) is 14.4 Å². The molecular formula is C30H33NO16. The number of hydrogen-bond donors (Lipinski definition) is 6. The Kier molecular flexibility index (Phi) is 9.02. The van der Waals surface area contributed by atoms with Crippen molar-refractivity contribution in [2.75, 3.05) is 13.6 Å². The molecule has 0 radical (unpaired) electrons. The van der Waals surface area contributed by atoms with Crippen LogP contribution in [0.5, 0.6) is 5.75 Å². The smallest absolute Gasteiger partial charge is 0.348 e. The summed E-state index contributed by atoms with van der Waals surface area (Å²) in [4.78, 5) is 74.0. The summed E-state index contributed by atoms with van der Waals surface area (Å²) >= 11 is 0. The van der Waals surface area contributed by atoms with Crippen LogP contribution in [0, 0.1) is 0 Å². The second-order valence-electron chi connectivity index (χ2n) is 12.0. The second kappa shape index (κ2) is 12.6. The van der Waals surface area contributed by atoms with Gasteiger partial charge in [-0.05, 0) is 38.1 Å². The molecule has 5 rings (SSSR count). The minimum atomic E-state index is -2.24. The Bertz CT molecular complexity index is 1550. The molecule has 1 spiro atoms. The fraction of sp³-hybridized carbons (Fsp3) is 0.533. The molecule has 1 fully saturated rings. The van der Waals surface area contributed by atoms with Gasteiger partial charge in [-0.15, -0.1) is 0 Å². The Balaban J connectivity index is 1.41. The average Bonchev–Trinajstić information content (AvgIpc) is 3.35. The van der Waals surface area contributed by atoms with Crippen molar-refractivity contribution in [1.29, 1.82) is 0 Å². The number of aliphatic carboxylic acids is 3. The maximum atomic E-state index is 13.3. The van der Waals surface area contributed by atoms with Crippen molar-refractivity contribution in [3.8, 4) is 5.75 Å². The number of hydrogen-bond acceptors (Lipinski definition) is 14. The van der Waals surface area contributed by atoms with E-state index in [1.165, 1.54) is 6.08 Å². The Morgan fingerprint density at radius 2 is 1.72 bits per heavy atom. The first-order chi connectivity index (χ1) is 22.1. The third kappa shape index (κ3) is 5.79. The molecule has 0 aromatic heterocycles. The number of likely N-dealkylation sites (tertiary alicyclic amines) is 1. The van der Waals surface area contributed by atoms with Gasteiger partial charge >= 0.3 is 35.8 Å². The third-order valence-electron chi connectivity index (χ3n) is 9.29. The molecule has 254 valence electrons. The molecule has 0 amide bonds. The van der Waals surface area contributed by atoms with Crippen molar-refractivity contribution < 1.29 is 78.4 Å². The number of likely N-dealkylation sites (N-methyl/N-ethyl adjacent to an activating group) is 1. The average molecular weight is 664 g/mol. The highest BCUT2D eigenvalue weighted by molar-refractivity contribution is 5.88. The van der Waals surface area contributed by atoms with Crippen LogP contribution in [0.1, 0.15) is 48.8 Å². The molecule has 47 heavy (non-hydrogen) atoms. The molecule has 0 unspecified atom stereocenters. The Labute approximate surface area is 265 Å². The lowest BCUT2D eigenvalue weighted by atomic mass is 9.50. The van der Waals surface area contributed by atoms with Crippen LogP contribution in [-0.4, -0.2) is 121 Å². The van der Waals surface area contributed by atoms with Crippen LogP contribution in [0.2, 0.25) is 0 Å². The van der Waals surface area contributed by atoms with E-state index in [0.29, 0.717) is 36.3 Å². The Morgan fingerprint density at radius 3 is 2.36 bits per heavy atom. The quantitative estimate of drug-likeness (QED) is 0.105. The second-order valence-corrected chi connectivity index (χ2v) is 12.0. The van der Waals surface area contributed by atoms with Crippen LogP contribution in [0.4, 0.5) is 0 Å². The van der Waals surface area contributed by atoms with E-state index in [0.717, 1.165) is 5.56 Å². The number of rotatable bonds is 13. The summed E-state index contributed by atoms with van der Waals surface area (Å²) in [5.74, 6) is -9.28. The predicted octanol–water partition coefficient (Wildman–Crippen LogP) is -1.39. The maximum Gasteiger partial charge on any atom is 0.348 e. The highest BCUT2D eigenvalue weighted by Gasteiger charge is 2.72.